The Morgan fingerprint density at radius 1 is 1.18 bits per heavy atom. The fraction of sp³-hybridized carbons (Fsp3) is 0. The molecular formula is C10H4BrCl3N2O. The predicted molar refractivity (Wildman–Crippen MR) is 71.3 cm³/mol. The van der Waals surface area contributed by atoms with Gasteiger partial charge in [0.2, 0.25) is 11.2 Å². The lowest BCUT2D eigenvalue weighted by atomic mass is 10.3. The van der Waals surface area contributed by atoms with Crippen molar-refractivity contribution >= 4 is 50.7 Å². The van der Waals surface area contributed by atoms with Crippen LogP contribution >= 0.6 is 50.7 Å². The fourth-order valence-electron chi connectivity index (χ4n) is 1.07. The molecule has 1 aromatic heterocycles. The second-order valence-corrected chi connectivity index (χ2v) is 4.92. The molecule has 0 aliphatic rings. The van der Waals surface area contributed by atoms with Gasteiger partial charge in [0.15, 0.2) is 0 Å². The van der Waals surface area contributed by atoms with Crippen LogP contribution in [-0.4, -0.2) is 9.97 Å². The topological polar surface area (TPSA) is 35.0 Å². The molecule has 7 heteroatoms. The predicted octanol–water partition coefficient (Wildman–Crippen LogP) is 4.99. The molecule has 0 atom stereocenters. The van der Waals surface area contributed by atoms with Crippen LogP contribution in [0.4, 0.5) is 0 Å². The first-order chi connectivity index (χ1) is 8.08. The molecule has 0 fully saturated rings. The molecule has 0 unspecified atom stereocenters. The van der Waals surface area contributed by atoms with Gasteiger partial charge >= 0.3 is 0 Å². The van der Waals surface area contributed by atoms with Crippen molar-refractivity contribution in [3.63, 3.8) is 0 Å². The lowest BCUT2D eigenvalue weighted by molar-refractivity contribution is 0.458. The van der Waals surface area contributed by atoms with E-state index in [1.54, 1.807) is 18.2 Å². The summed E-state index contributed by atoms with van der Waals surface area (Å²) >= 11 is 20.8. The van der Waals surface area contributed by atoms with Gasteiger partial charge in [0.1, 0.15) is 10.8 Å². The van der Waals surface area contributed by atoms with Gasteiger partial charge in [-0.1, -0.05) is 29.3 Å². The highest BCUT2D eigenvalue weighted by molar-refractivity contribution is 9.10. The average molecular weight is 354 g/mol. The van der Waals surface area contributed by atoms with Crippen LogP contribution in [0.15, 0.2) is 28.9 Å². The van der Waals surface area contributed by atoms with Crippen molar-refractivity contribution in [1.82, 2.24) is 9.97 Å². The molecule has 3 nitrogen and oxygen atoms in total. The molecule has 1 heterocycles. The lowest BCUT2D eigenvalue weighted by Crippen LogP contribution is -1.92. The van der Waals surface area contributed by atoms with E-state index in [0.29, 0.717) is 20.3 Å². The Morgan fingerprint density at radius 3 is 2.71 bits per heavy atom. The van der Waals surface area contributed by atoms with Crippen molar-refractivity contribution in [3.05, 3.63) is 44.2 Å². The van der Waals surface area contributed by atoms with Gasteiger partial charge in [-0.05, 0) is 39.7 Å². The SMILES string of the molecule is Clc1ncc(Br)c(Oc2cccc(Cl)c2Cl)n1. The van der Waals surface area contributed by atoms with E-state index in [0.717, 1.165) is 0 Å². The van der Waals surface area contributed by atoms with Gasteiger partial charge in [-0.3, -0.25) is 0 Å². The van der Waals surface area contributed by atoms with Gasteiger partial charge < -0.3 is 4.74 Å². The lowest BCUT2D eigenvalue weighted by Gasteiger charge is -2.08. The number of aromatic nitrogens is 2. The van der Waals surface area contributed by atoms with E-state index in [1.807, 2.05) is 0 Å². The first kappa shape index (κ1) is 12.9. The number of rotatable bonds is 2. The monoisotopic (exact) mass is 352 g/mol. The Balaban J connectivity index is 2.38. The van der Waals surface area contributed by atoms with E-state index >= 15 is 0 Å². The normalized spacial score (nSPS) is 10.4. The summed E-state index contributed by atoms with van der Waals surface area (Å²) in [4.78, 5) is 7.71. The van der Waals surface area contributed by atoms with E-state index in [2.05, 4.69) is 25.9 Å². The van der Waals surface area contributed by atoms with Crippen LogP contribution in [0.1, 0.15) is 0 Å². The zero-order valence-corrected chi connectivity index (χ0v) is 12.0. The first-order valence-electron chi connectivity index (χ1n) is 4.38. The van der Waals surface area contributed by atoms with Crippen molar-refractivity contribution in [2.24, 2.45) is 0 Å². The van der Waals surface area contributed by atoms with E-state index in [4.69, 9.17) is 39.5 Å². The minimum atomic E-state index is 0.0846. The van der Waals surface area contributed by atoms with Crippen molar-refractivity contribution in [2.45, 2.75) is 0 Å². The molecular weight excluding hydrogens is 350 g/mol. The fourth-order valence-corrected chi connectivity index (χ4v) is 1.80. The van der Waals surface area contributed by atoms with Crippen molar-refractivity contribution in [2.75, 3.05) is 0 Å². The molecule has 0 spiro atoms. The van der Waals surface area contributed by atoms with Crippen LogP contribution in [0.3, 0.4) is 0 Å². The third kappa shape index (κ3) is 3.01. The summed E-state index contributed by atoms with van der Waals surface area (Å²) in [6.45, 7) is 0. The molecule has 0 N–H and O–H groups in total. The van der Waals surface area contributed by atoms with E-state index in [-0.39, 0.29) is 11.2 Å². The number of ether oxygens (including phenoxy) is 1. The molecule has 0 amide bonds. The quantitative estimate of drug-likeness (QED) is 0.713. The number of nitrogens with zero attached hydrogens (tertiary/aromatic N) is 2. The summed E-state index contributed by atoms with van der Waals surface area (Å²) in [5.74, 6) is 0.670. The van der Waals surface area contributed by atoms with Crippen LogP contribution < -0.4 is 4.74 Å². The standard InChI is InChI=1S/C10H4BrCl3N2O/c11-5-4-15-10(14)16-9(5)17-7-3-1-2-6(12)8(7)13/h1-4H. The van der Waals surface area contributed by atoms with Crippen LogP contribution in [0.5, 0.6) is 11.6 Å². The Labute approximate surface area is 121 Å². The maximum atomic E-state index is 5.99. The molecule has 1 aromatic carbocycles. The Morgan fingerprint density at radius 2 is 1.94 bits per heavy atom. The maximum Gasteiger partial charge on any atom is 0.238 e. The van der Waals surface area contributed by atoms with Gasteiger partial charge in [-0.2, -0.15) is 4.98 Å². The molecule has 0 bridgehead atoms. The van der Waals surface area contributed by atoms with Gasteiger partial charge in [0.25, 0.3) is 0 Å². The number of hydrogen-bond acceptors (Lipinski definition) is 3. The van der Waals surface area contributed by atoms with Gasteiger partial charge in [-0.15, -0.1) is 0 Å². The summed E-state index contributed by atoms with van der Waals surface area (Å²) in [5, 5.41) is 0.803. The molecule has 2 aromatic rings. The maximum absolute atomic E-state index is 5.99. The van der Waals surface area contributed by atoms with Crippen LogP contribution in [-0.2, 0) is 0 Å². The van der Waals surface area contributed by atoms with Crippen molar-refractivity contribution in [1.29, 1.82) is 0 Å². The third-order valence-electron chi connectivity index (χ3n) is 1.81. The van der Waals surface area contributed by atoms with E-state index < -0.39 is 0 Å². The van der Waals surface area contributed by atoms with E-state index in [1.165, 1.54) is 6.20 Å². The summed E-state index contributed by atoms with van der Waals surface area (Å²) in [5.41, 5.74) is 0. The highest BCUT2D eigenvalue weighted by Gasteiger charge is 2.10. The second kappa shape index (κ2) is 5.40. The zero-order valence-electron chi connectivity index (χ0n) is 8.12. The molecule has 0 aliphatic heterocycles. The molecule has 0 aliphatic carbocycles. The highest BCUT2D eigenvalue weighted by Crippen LogP contribution is 2.36. The van der Waals surface area contributed by atoms with Crippen LogP contribution in [0.2, 0.25) is 15.3 Å². The Bertz CT molecular complexity index is 565. The van der Waals surface area contributed by atoms with Crippen molar-refractivity contribution < 1.29 is 4.74 Å². The minimum Gasteiger partial charge on any atom is -0.436 e. The summed E-state index contributed by atoms with van der Waals surface area (Å²) in [6, 6.07) is 5.07. The molecule has 0 saturated heterocycles. The molecule has 88 valence electrons. The van der Waals surface area contributed by atoms with Crippen LogP contribution in [0.25, 0.3) is 0 Å². The highest BCUT2D eigenvalue weighted by atomic mass is 79.9. The summed E-state index contributed by atoms with van der Waals surface area (Å²) < 4.78 is 6.07. The third-order valence-corrected chi connectivity index (χ3v) is 3.33. The summed E-state index contributed by atoms with van der Waals surface area (Å²) in [6.07, 6.45) is 1.49. The van der Waals surface area contributed by atoms with Gasteiger partial charge in [-0.25, -0.2) is 4.98 Å². The number of benzene rings is 1. The molecule has 17 heavy (non-hydrogen) atoms. The second-order valence-electron chi connectivity index (χ2n) is 2.95. The van der Waals surface area contributed by atoms with Crippen molar-refractivity contribution in [3.8, 4) is 11.6 Å². The smallest absolute Gasteiger partial charge is 0.238 e. The molecule has 2 rings (SSSR count). The Hall–Kier alpha value is -0.550. The van der Waals surface area contributed by atoms with Crippen LogP contribution in [0, 0.1) is 0 Å². The largest absolute Gasteiger partial charge is 0.436 e. The first-order valence-corrected chi connectivity index (χ1v) is 6.30. The number of hydrogen-bond donors (Lipinski definition) is 0. The van der Waals surface area contributed by atoms with Gasteiger partial charge in [0, 0.05) is 6.20 Å². The molecule has 0 saturated carbocycles. The van der Waals surface area contributed by atoms with E-state index in [9.17, 15) is 0 Å². The minimum absolute atomic E-state index is 0.0846. The number of halogens is 4. The average Bonchev–Trinajstić information content (AvgIpc) is 2.30. The summed E-state index contributed by atoms with van der Waals surface area (Å²) in [7, 11) is 0. The zero-order chi connectivity index (χ0) is 12.4. The van der Waals surface area contributed by atoms with Gasteiger partial charge in [0.05, 0.1) is 9.50 Å². The Kier molecular flexibility index (Phi) is 4.09. The molecule has 0 radical (unpaired) electrons.